The molecule has 0 aliphatic carbocycles. The van der Waals surface area contributed by atoms with Gasteiger partial charge in [-0.15, -0.1) is 0 Å². The first-order valence-corrected chi connectivity index (χ1v) is 8.46. The quantitative estimate of drug-likeness (QED) is 0.866. The van der Waals surface area contributed by atoms with Gasteiger partial charge >= 0.3 is 5.97 Å². The maximum absolute atomic E-state index is 12.9. The third-order valence-electron chi connectivity index (χ3n) is 3.43. The molecule has 0 fully saturated rings. The van der Waals surface area contributed by atoms with Crippen molar-refractivity contribution in [2.24, 2.45) is 0 Å². The van der Waals surface area contributed by atoms with Gasteiger partial charge in [-0.25, -0.2) is 13.2 Å². The van der Waals surface area contributed by atoms with Crippen molar-refractivity contribution in [2.75, 3.05) is 6.54 Å². The van der Waals surface area contributed by atoms with Gasteiger partial charge in [-0.3, -0.25) is 4.98 Å². The number of hydrogen-bond donors (Lipinski definition) is 1. The molecule has 0 amide bonds. The molecule has 0 saturated heterocycles. The highest BCUT2D eigenvalue weighted by Gasteiger charge is 2.34. The van der Waals surface area contributed by atoms with Crippen molar-refractivity contribution in [3.63, 3.8) is 0 Å². The van der Waals surface area contributed by atoms with Crippen molar-refractivity contribution >= 4 is 16.0 Å². The molecule has 8 heteroatoms. The van der Waals surface area contributed by atoms with Crippen LogP contribution in [0.5, 0.6) is 0 Å². The minimum absolute atomic E-state index is 0.0579. The molecule has 2 heterocycles. The summed E-state index contributed by atoms with van der Waals surface area (Å²) in [6.45, 7) is 4.80. The summed E-state index contributed by atoms with van der Waals surface area (Å²) < 4.78 is 32.2. The van der Waals surface area contributed by atoms with Crippen LogP contribution in [0.1, 0.15) is 34.5 Å². The first-order chi connectivity index (χ1) is 10.8. The molecule has 7 nitrogen and oxygen atoms in total. The van der Waals surface area contributed by atoms with Gasteiger partial charge in [-0.1, -0.05) is 13.0 Å². The average molecular weight is 338 g/mol. The van der Waals surface area contributed by atoms with Crippen LogP contribution in [0.3, 0.4) is 0 Å². The molecule has 0 bridgehead atoms. The molecule has 2 rings (SSSR count). The fourth-order valence-electron chi connectivity index (χ4n) is 2.39. The van der Waals surface area contributed by atoms with Gasteiger partial charge in [0.1, 0.15) is 22.0 Å². The summed E-state index contributed by atoms with van der Waals surface area (Å²) >= 11 is 0. The van der Waals surface area contributed by atoms with Gasteiger partial charge in [0.05, 0.1) is 12.2 Å². The number of pyridine rings is 1. The lowest BCUT2D eigenvalue weighted by Gasteiger charge is -2.20. The predicted octanol–water partition coefficient (Wildman–Crippen LogP) is 2.20. The van der Waals surface area contributed by atoms with Crippen LogP contribution < -0.4 is 0 Å². The summed E-state index contributed by atoms with van der Waals surface area (Å²) in [4.78, 5) is 15.2. The molecule has 124 valence electrons. The zero-order valence-corrected chi connectivity index (χ0v) is 13.9. The Morgan fingerprint density at radius 3 is 2.52 bits per heavy atom. The third-order valence-corrected chi connectivity index (χ3v) is 5.51. The molecule has 0 radical (unpaired) electrons. The number of carbonyl (C=O) groups is 1. The molecule has 2 aromatic rings. The highest BCUT2D eigenvalue weighted by atomic mass is 32.2. The Morgan fingerprint density at radius 1 is 1.30 bits per heavy atom. The molecule has 0 unspecified atom stereocenters. The highest BCUT2D eigenvalue weighted by Crippen LogP contribution is 2.29. The summed E-state index contributed by atoms with van der Waals surface area (Å²) in [5.41, 5.74) is 0.259. The normalized spacial score (nSPS) is 11.8. The van der Waals surface area contributed by atoms with Crippen molar-refractivity contribution in [3.8, 4) is 0 Å². The standard InChI is InChI=1S/C15H18N2O5S/c1-4-17(9-12-7-5-6-8-16-12)23(20,21)14-11(3)22-10(2)13(14)15(18)19/h5-8H,4,9H2,1-3H3,(H,18,19). The van der Waals surface area contributed by atoms with E-state index in [1.54, 1.807) is 31.3 Å². The molecular formula is C15H18N2O5S. The van der Waals surface area contributed by atoms with Gasteiger partial charge < -0.3 is 9.52 Å². The number of hydrogen-bond acceptors (Lipinski definition) is 5. The van der Waals surface area contributed by atoms with E-state index >= 15 is 0 Å². The Labute approximate surface area is 134 Å². The molecule has 1 N–H and O–H groups in total. The van der Waals surface area contributed by atoms with Crippen LogP contribution in [0.25, 0.3) is 0 Å². The SMILES string of the molecule is CCN(Cc1ccccn1)S(=O)(=O)c1c(C)oc(C)c1C(=O)O. The van der Waals surface area contributed by atoms with Gasteiger partial charge in [0.15, 0.2) is 0 Å². The lowest BCUT2D eigenvalue weighted by atomic mass is 10.2. The molecule has 2 aromatic heterocycles. The van der Waals surface area contributed by atoms with E-state index in [9.17, 15) is 18.3 Å². The fraction of sp³-hybridized carbons (Fsp3) is 0.333. The monoisotopic (exact) mass is 338 g/mol. The summed E-state index contributed by atoms with van der Waals surface area (Å²) in [7, 11) is -4.02. The van der Waals surface area contributed by atoms with Crippen molar-refractivity contribution < 1.29 is 22.7 Å². The van der Waals surface area contributed by atoms with Crippen molar-refractivity contribution in [1.29, 1.82) is 0 Å². The Morgan fingerprint density at radius 2 is 2.00 bits per heavy atom. The van der Waals surface area contributed by atoms with Crippen LogP contribution in [-0.2, 0) is 16.6 Å². The second-order valence-corrected chi connectivity index (χ2v) is 6.85. The van der Waals surface area contributed by atoms with E-state index in [4.69, 9.17) is 4.42 Å². The fourth-order valence-corrected chi connectivity index (χ4v) is 4.18. The molecule has 0 aliphatic rings. The number of aromatic nitrogens is 1. The number of nitrogens with zero attached hydrogens (tertiary/aromatic N) is 2. The Bertz CT molecular complexity index is 812. The zero-order chi connectivity index (χ0) is 17.2. The summed E-state index contributed by atoms with van der Waals surface area (Å²) in [5, 5.41) is 9.31. The van der Waals surface area contributed by atoms with Crippen LogP contribution in [0.2, 0.25) is 0 Å². The highest BCUT2D eigenvalue weighted by molar-refractivity contribution is 7.89. The number of rotatable bonds is 6. The maximum atomic E-state index is 12.9. The average Bonchev–Trinajstić information content (AvgIpc) is 2.80. The van der Waals surface area contributed by atoms with Gasteiger partial charge in [-0.05, 0) is 26.0 Å². The van der Waals surface area contributed by atoms with E-state index in [2.05, 4.69) is 4.98 Å². The van der Waals surface area contributed by atoms with E-state index in [1.165, 1.54) is 18.2 Å². The number of furan rings is 1. The van der Waals surface area contributed by atoms with Gasteiger partial charge in [-0.2, -0.15) is 4.31 Å². The number of sulfonamides is 1. The van der Waals surface area contributed by atoms with E-state index in [0.717, 1.165) is 0 Å². The molecule has 0 aromatic carbocycles. The van der Waals surface area contributed by atoms with Crippen molar-refractivity contribution in [3.05, 3.63) is 47.2 Å². The summed E-state index contributed by atoms with van der Waals surface area (Å²) in [5.74, 6) is -1.19. The first kappa shape index (κ1) is 17.2. The number of aromatic carboxylic acids is 1. The molecule has 0 saturated carbocycles. The van der Waals surface area contributed by atoms with Crippen LogP contribution in [-0.4, -0.2) is 35.3 Å². The lowest BCUT2D eigenvalue weighted by molar-refractivity contribution is 0.0691. The molecular weight excluding hydrogens is 320 g/mol. The van der Waals surface area contributed by atoms with Crippen LogP contribution >= 0.6 is 0 Å². The number of aryl methyl sites for hydroxylation is 2. The topological polar surface area (TPSA) is 101 Å². The zero-order valence-electron chi connectivity index (χ0n) is 13.1. The second-order valence-electron chi connectivity index (χ2n) is 4.98. The van der Waals surface area contributed by atoms with E-state index < -0.39 is 16.0 Å². The minimum atomic E-state index is -4.02. The molecule has 0 aliphatic heterocycles. The Kier molecular flexibility index (Phi) is 4.86. The smallest absolute Gasteiger partial charge is 0.340 e. The van der Waals surface area contributed by atoms with Crippen LogP contribution in [0.4, 0.5) is 0 Å². The van der Waals surface area contributed by atoms with Crippen LogP contribution in [0, 0.1) is 13.8 Å². The van der Waals surface area contributed by atoms with E-state index in [-0.39, 0.29) is 35.1 Å². The predicted molar refractivity (Wildman–Crippen MR) is 82.6 cm³/mol. The van der Waals surface area contributed by atoms with Crippen LogP contribution in [0.15, 0.2) is 33.7 Å². The minimum Gasteiger partial charge on any atom is -0.478 e. The maximum Gasteiger partial charge on any atom is 0.340 e. The number of carboxylic acids is 1. The Hall–Kier alpha value is -2.19. The first-order valence-electron chi connectivity index (χ1n) is 7.02. The second kappa shape index (κ2) is 6.51. The van der Waals surface area contributed by atoms with Gasteiger partial charge in [0.25, 0.3) is 0 Å². The molecule has 23 heavy (non-hydrogen) atoms. The number of carboxylic acid groups (broad SMARTS) is 1. The largest absolute Gasteiger partial charge is 0.478 e. The summed E-state index contributed by atoms with van der Waals surface area (Å²) in [6.07, 6.45) is 1.58. The van der Waals surface area contributed by atoms with E-state index in [0.29, 0.717) is 5.69 Å². The molecule has 0 spiro atoms. The van der Waals surface area contributed by atoms with E-state index in [1.807, 2.05) is 0 Å². The van der Waals surface area contributed by atoms with Gasteiger partial charge in [0, 0.05) is 12.7 Å². The Balaban J connectivity index is 2.50. The third kappa shape index (κ3) is 3.27. The lowest BCUT2D eigenvalue weighted by Crippen LogP contribution is -2.32. The van der Waals surface area contributed by atoms with Gasteiger partial charge in [0.2, 0.25) is 10.0 Å². The summed E-state index contributed by atoms with van der Waals surface area (Å²) in [6, 6.07) is 5.21. The van der Waals surface area contributed by atoms with Crippen molar-refractivity contribution in [1.82, 2.24) is 9.29 Å². The molecule has 0 atom stereocenters. The van der Waals surface area contributed by atoms with Crippen molar-refractivity contribution in [2.45, 2.75) is 32.2 Å².